The van der Waals surface area contributed by atoms with E-state index in [4.69, 9.17) is 9.84 Å². The van der Waals surface area contributed by atoms with E-state index in [1.54, 1.807) is 4.90 Å². The zero-order valence-corrected chi connectivity index (χ0v) is 14.4. The number of piperidine rings is 1. The fourth-order valence-electron chi connectivity index (χ4n) is 3.53. The second-order valence-corrected chi connectivity index (χ2v) is 6.67. The summed E-state index contributed by atoms with van der Waals surface area (Å²) in [5.74, 6) is -0.181. The van der Waals surface area contributed by atoms with E-state index in [0.717, 1.165) is 23.6 Å². The van der Waals surface area contributed by atoms with Crippen LogP contribution in [0.25, 0.3) is 10.8 Å². The normalized spacial score (nSPS) is 20.4. The Hall–Kier alpha value is -2.56. The van der Waals surface area contributed by atoms with Gasteiger partial charge in [-0.1, -0.05) is 37.3 Å². The van der Waals surface area contributed by atoms with Crippen LogP contribution in [0.5, 0.6) is 5.75 Å². The molecule has 2 aromatic carbocycles. The molecule has 2 atom stereocenters. The van der Waals surface area contributed by atoms with Gasteiger partial charge in [-0.25, -0.2) is 0 Å². The quantitative estimate of drug-likeness (QED) is 0.906. The van der Waals surface area contributed by atoms with Gasteiger partial charge in [0.1, 0.15) is 5.75 Å². The largest absolute Gasteiger partial charge is 0.484 e. The number of ether oxygens (including phenoxy) is 1. The minimum atomic E-state index is -0.869. The standard InChI is InChI=1S/C20H23NO4/c1-14-5-4-10-21(18(14)12-20(23)24)19(22)13-25-17-9-8-15-6-2-3-7-16(15)11-17/h2-3,6-9,11,14,18H,4-5,10,12-13H2,1H3,(H,23,24). The van der Waals surface area contributed by atoms with Crippen LogP contribution in [0.1, 0.15) is 26.2 Å². The summed E-state index contributed by atoms with van der Waals surface area (Å²) in [7, 11) is 0. The zero-order valence-electron chi connectivity index (χ0n) is 14.4. The molecular weight excluding hydrogens is 318 g/mol. The second-order valence-electron chi connectivity index (χ2n) is 6.67. The van der Waals surface area contributed by atoms with Crippen molar-refractivity contribution < 1.29 is 19.4 Å². The second kappa shape index (κ2) is 7.55. The van der Waals surface area contributed by atoms with E-state index in [9.17, 15) is 9.59 Å². The molecule has 1 N–H and O–H groups in total. The number of benzene rings is 2. The lowest BCUT2D eigenvalue weighted by Gasteiger charge is -2.39. The molecule has 1 amide bonds. The molecule has 1 saturated heterocycles. The smallest absolute Gasteiger partial charge is 0.305 e. The maximum atomic E-state index is 12.6. The van der Waals surface area contributed by atoms with Crippen LogP contribution >= 0.6 is 0 Å². The number of likely N-dealkylation sites (tertiary alicyclic amines) is 1. The minimum absolute atomic E-state index is 0.0110. The Labute approximate surface area is 147 Å². The van der Waals surface area contributed by atoms with Crippen LogP contribution in [0.4, 0.5) is 0 Å². The van der Waals surface area contributed by atoms with E-state index >= 15 is 0 Å². The lowest BCUT2D eigenvalue weighted by atomic mass is 9.88. The molecule has 2 aromatic rings. The fraction of sp³-hybridized carbons (Fsp3) is 0.400. The lowest BCUT2D eigenvalue weighted by molar-refractivity contribution is -0.144. The van der Waals surface area contributed by atoms with Crippen molar-refractivity contribution in [3.63, 3.8) is 0 Å². The van der Waals surface area contributed by atoms with Gasteiger partial charge in [0.2, 0.25) is 0 Å². The van der Waals surface area contributed by atoms with Crippen molar-refractivity contribution in [2.75, 3.05) is 13.2 Å². The van der Waals surface area contributed by atoms with E-state index in [2.05, 4.69) is 0 Å². The predicted molar refractivity (Wildman–Crippen MR) is 95.6 cm³/mol. The first kappa shape index (κ1) is 17.3. The number of carbonyl (C=O) groups is 2. The molecule has 3 rings (SSSR count). The van der Waals surface area contributed by atoms with Crippen LogP contribution in [-0.2, 0) is 9.59 Å². The maximum Gasteiger partial charge on any atom is 0.305 e. The van der Waals surface area contributed by atoms with Crippen molar-refractivity contribution in [3.05, 3.63) is 42.5 Å². The van der Waals surface area contributed by atoms with Gasteiger partial charge in [-0.05, 0) is 41.7 Å². The number of carboxylic acids is 1. The SMILES string of the molecule is CC1CCCN(C(=O)COc2ccc3ccccc3c2)C1CC(=O)O. The summed E-state index contributed by atoms with van der Waals surface area (Å²) in [6.45, 7) is 2.54. The van der Waals surface area contributed by atoms with Crippen molar-refractivity contribution in [1.82, 2.24) is 4.90 Å². The van der Waals surface area contributed by atoms with Crippen LogP contribution in [0.2, 0.25) is 0 Å². The van der Waals surface area contributed by atoms with E-state index in [1.807, 2.05) is 49.4 Å². The summed E-state index contributed by atoms with van der Waals surface area (Å²) in [5.41, 5.74) is 0. The molecule has 1 heterocycles. The first-order valence-corrected chi connectivity index (χ1v) is 8.67. The summed E-state index contributed by atoms with van der Waals surface area (Å²) in [6.07, 6.45) is 1.84. The van der Waals surface area contributed by atoms with Gasteiger partial charge in [-0.15, -0.1) is 0 Å². The molecule has 25 heavy (non-hydrogen) atoms. The Morgan fingerprint density at radius 2 is 1.96 bits per heavy atom. The van der Waals surface area contributed by atoms with Crippen LogP contribution in [0.15, 0.2) is 42.5 Å². The molecule has 0 radical (unpaired) electrons. The molecule has 0 aromatic heterocycles. The van der Waals surface area contributed by atoms with E-state index in [0.29, 0.717) is 12.3 Å². The summed E-state index contributed by atoms with van der Waals surface area (Å²) >= 11 is 0. The molecule has 2 unspecified atom stereocenters. The van der Waals surface area contributed by atoms with Crippen molar-refractivity contribution in [2.24, 2.45) is 5.92 Å². The molecule has 1 aliphatic rings. The third kappa shape index (κ3) is 4.10. The van der Waals surface area contributed by atoms with Crippen molar-refractivity contribution in [1.29, 1.82) is 0 Å². The number of rotatable bonds is 5. The topological polar surface area (TPSA) is 66.8 Å². The minimum Gasteiger partial charge on any atom is -0.484 e. The van der Waals surface area contributed by atoms with Gasteiger partial charge in [0.15, 0.2) is 6.61 Å². The molecule has 0 bridgehead atoms. The number of aliphatic carboxylic acids is 1. The number of fused-ring (bicyclic) bond motifs is 1. The molecule has 132 valence electrons. The molecule has 0 aliphatic carbocycles. The Morgan fingerprint density at radius 1 is 1.20 bits per heavy atom. The van der Waals surface area contributed by atoms with Crippen LogP contribution in [0, 0.1) is 5.92 Å². The van der Waals surface area contributed by atoms with Gasteiger partial charge in [0, 0.05) is 12.6 Å². The molecule has 5 nitrogen and oxygen atoms in total. The highest BCUT2D eigenvalue weighted by molar-refractivity contribution is 5.84. The van der Waals surface area contributed by atoms with E-state index in [-0.39, 0.29) is 30.9 Å². The Bertz CT molecular complexity index is 773. The van der Waals surface area contributed by atoms with Crippen molar-refractivity contribution >= 4 is 22.6 Å². The van der Waals surface area contributed by atoms with Gasteiger partial charge >= 0.3 is 5.97 Å². The van der Waals surface area contributed by atoms with Gasteiger partial charge < -0.3 is 14.7 Å². The molecule has 1 fully saturated rings. The van der Waals surface area contributed by atoms with E-state index in [1.165, 1.54) is 0 Å². The van der Waals surface area contributed by atoms with Gasteiger partial charge in [-0.3, -0.25) is 9.59 Å². The summed E-state index contributed by atoms with van der Waals surface area (Å²) in [5, 5.41) is 11.3. The highest BCUT2D eigenvalue weighted by Crippen LogP contribution is 2.26. The Kier molecular flexibility index (Phi) is 5.22. The van der Waals surface area contributed by atoms with Crippen LogP contribution < -0.4 is 4.74 Å². The monoisotopic (exact) mass is 341 g/mol. The molecular formula is C20H23NO4. The van der Waals surface area contributed by atoms with E-state index < -0.39 is 5.97 Å². The highest BCUT2D eigenvalue weighted by atomic mass is 16.5. The summed E-state index contributed by atoms with van der Waals surface area (Å²) in [6, 6.07) is 13.4. The molecule has 0 spiro atoms. The Morgan fingerprint density at radius 3 is 2.72 bits per heavy atom. The molecule has 0 saturated carbocycles. The predicted octanol–water partition coefficient (Wildman–Crippen LogP) is 3.32. The Balaban J connectivity index is 1.66. The van der Waals surface area contributed by atoms with Crippen molar-refractivity contribution in [2.45, 2.75) is 32.2 Å². The molecule has 5 heteroatoms. The number of nitrogens with zero attached hydrogens (tertiary/aromatic N) is 1. The molecule has 1 aliphatic heterocycles. The van der Waals surface area contributed by atoms with Crippen molar-refractivity contribution in [3.8, 4) is 5.75 Å². The first-order chi connectivity index (χ1) is 12.0. The number of amides is 1. The first-order valence-electron chi connectivity index (χ1n) is 8.67. The van der Waals surface area contributed by atoms with Gasteiger partial charge in [0.05, 0.1) is 6.42 Å². The number of hydrogen-bond acceptors (Lipinski definition) is 3. The average molecular weight is 341 g/mol. The number of carbonyl (C=O) groups excluding carboxylic acids is 1. The lowest BCUT2D eigenvalue weighted by Crippen LogP contribution is -2.50. The third-order valence-corrected chi connectivity index (χ3v) is 4.90. The average Bonchev–Trinajstić information content (AvgIpc) is 2.61. The zero-order chi connectivity index (χ0) is 17.8. The summed E-state index contributed by atoms with van der Waals surface area (Å²) < 4.78 is 5.68. The van der Waals surface area contributed by atoms with Crippen LogP contribution in [-0.4, -0.2) is 41.1 Å². The number of hydrogen-bond donors (Lipinski definition) is 1. The fourth-order valence-corrected chi connectivity index (χ4v) is 3.53. The van der Waals surface area contributed by atoms with Gasteiger partial charge in [-0.2, -0.15) is 0 Å². The number of carboxylic acid groups (broad SMARTS) is 1. The highest BCUT2D eigenvalue weighted by Gasteiger charge is 2.33. The van der Waals surface area contributed by atoms with Gasteiger partial charge in [0.25, 0.3) is 5.91 Å². The maximum absolute atomic E-state index is 12.6. The summed E-state index contributed by atoms with van der Waals surface area (Å²) in [4.78, 5) is 25.4. The third-order valence-electron chi connectivity index (χ3n) is 4.90. The van der Waals surface area contributed by atoms with Crippen LogP contribution in [0.3, 0.4) is 0 Å².